The first-order valence-electron chi connectivity index (χ1n) is 5.55. The molecule has 0 radical (unpaired) electrons. The van der Waals surface area contributed by atoms with Crippen molar-refractivity contribution in [2.75, 3.05) is 5.43 Å². The molecule has 1 aliphatic heterocycles. The Morgan fingerprint density at radius 2 is 1.94 bits per heavy atom. The molecule has 0 spiro atoms. The number of aromatic hydroxyl groups is 1. The third-order valence-corrected chi connectivity index (χ3v) is 2.85. The van der Waals surface area contributed by atoms with E-state index in [4.69, 9.17) is 0 Å². The van der Waals surface area contributed by atoms with Crippen LogP contribution >= 0.6 is 12.4 Å². The monoisotopic (exact) mass is 263 g/mol. The highest BCUT2D eigenvalue weighted by Crippen LogP contribution is 2.25. The fourth-order valence-corrected chi connectivity index (χ4v) is 2.05. The smallest absolute Gasteiger partial charge is 0.140 e. The third-order valence-electron chi connectivity index (χ3n) is 2.85. The summed E-state index contributed by atoms with van der Waals surface area (Å²) in [7, 11) is 0. The van der Waals surface area contributed by atoms with Crippen molar-refractivity contribution in [2.45, 2.75) is 13.1 Å². The van der Waals surface area contributed by atoms with Crippen molar-refractivity contribution in [1.29, 1.82) is 0 Å². The number of pyridine rings is 1. The number of fused-ring (bicyclic) bond motifs is 1. The highest BCUT2D eigenvalue weighted by molar-refractivity contribution is 5.85. The lowest BCUT2D eigenvalue weighted by Crippen LogP contribution is -2.24. The normalized spacial score (nSPS) is 13.8. The van der Waals surface area contributed by atoms with E-state index >= 15 is 0 Å². The number of phenolic OH excluding ortho intramolecular Hbond substituents is 1. The van der Waals surface area contributed by atoms with Gasteiger partial charge < -0.3 is 10.5 Å². The molecule has 5 heteroatoms. The molecule has 0 saturated heterocycles. The summed E-state index contributed by atoms with van der Waals surface area (Å²) in [4.78, 5) is 4.22. The number of halogens is 1. The minimum atomic E-state index is 0. The van der Waals surface area contributed by atoms with E-state index < -0.39 is 0 Å². The van der Waals surface area contributed by atoms with Gasteiger partial charge >= 0.3 is 0 Å². The van der Waals surface area contributed by atoms with Crippen molar-refractivity contribution < 1.29 is 5.11 Å². The number of rotatable bonds is 2. The number of nitrogens with zero attached hydrogens (tertiary/aromatic N) is 2. The molecule has 1 aromatic carbocycles. The Morgan fingerprint density at radius 1 is 1.11 bits per heavy atom. The van der Waals surface area contributed by atoms with E-state index in [9.17, 15) is 5.11 Å². The fourth-order valence-electron chi connectivity index (χ4n) is 2.05. The van der Waals surface area contributed by atoms with Crippen LogP contribution in [0, 0.1) is 0 Å². The first-order valence-corrected chi connectivity index (χ1v) is 5.55. The van der Waals surface area contributed by atoms with Crippen LogP contribution in [0.25, 0.3) is 0 Å². The minimum absolute atomic E-state index is 0. The van der Waals surface area contributed by atoms with Gasteiger partial charge in [-0.25, -0.2) is 9.99 Å². The first-order chi connectivity index (χ1) is 8.31. The highest BCUT2D eigenvalue weighted by atomic mass is 35.5. The summed E-state index contributed by atoms with van der Waals surface area (Å²) in [5, 5.41) is 11.5. The largest absolute Gasteiger partial charge is 0.508 e. The first kappa shape index (κ1) is 12.7. The van der Waals surface area contributed by atoms with Crippen LogP contribution in [0.2, 0.25) is 0 Å². The average Bonchev–Trinajstić information content (AvgIpc) is 2.71. The number of nitrogens with one attached hydrogen (secondary N) is 1. The number of benzene rings is 1. The lowest BCUT2D eigenvalue weighted by atomic mass is 10.1. The number of hydrazine groups is 1. The number of aromatic nitrogens is 1. The van der Waals surface area contributed by atoms with Crippen molar-refractivity contribution in [3.63, 3.8) is 0 Å². The van der Waals surface area contributed by atoms with Gasteiger partial charge in [-0.2, -0.15) is 0 Å². The molecule has 0 aliphatic carbocycles. The molecule has 1 aliphatic rings. The van der Waals surface area contributed by atoms with Crippen LogP contribution in [0.1, 0.15) is 11.1 Å². The second kappa shape index (κ2) is 5.25. The predicted octanol–water partition coefficient (Wildman–Crippen LogP) is 2.55. The number of anilines is 1. The average molecular weight is 264 g/mol. The lowest BCUT2D eigenvalue weighted by Gasteiger charge is -2.16. The van der Waals surface area contributed by atoms with Gasteiger partial charge in [0.2, 0.25) is 0 Å². The van der Waals surface area contributed by atoms with Gasteiger partial charge in [-0.3, -0.25) is 0 Å². The fraction of sp³-hybridized carbons (Fsp3) is 0.154. The Bertz CT molecular complexity index is 533. The maximum Gasteiger partial charge on any atom is 0.140 e. The molecule has 4 nitrogen and oxygen atoms in total. The summed E-state index contributed by atoms with van der Waals surface area (Å²) < 4.78 is 0. The Hall–Kier alpha value is -1.78. The molecular weight excluding hydrogens is 250 g/mol. The van der Waals surface area contributed by atoms with Gasteiger partial charge in [0.1, 0.15) is 11.6 Å². The van der Waals surface area contributed by atoms with Gasteiger partial charge in [-0.1, -0.05) is 12.1 Å². The van der Waals surface area contributed by atoms with Crippen molar-refractivity contribution in [3.05, 3.63) is 53.7 Å². The third kappa shape index (κ3) is 2.55. The molecule has 0 saturated carbocycles. The van der Waals surface area contributed by atoms with Gasteiger partial charge in [-0.15, -0.1) is 12.4 Å². The SMILES string of the molecule is Cl.Oc1ccc2c(c1)CN(Nc1ccccn1)C2. The minimum Gasteiger partial charge on any atom is -0.508 e. The van der Waals surface area contributed by atoms with Crippen LogP contribution in [-0.2, 0) is 13.1 Å². The molecule has 3 rings (SSSR count). The second-order valence-corrected chi connectivity index (χ2v) is 4.14. The summed E-state index contributed by atoms with van der Waals surface area (Å²) in [5.74, 6) is 1.16. The molecule has 0 unspecified atom stereocenters. The van der Waals surface area contributed by atoms with E-state index in [1.807, 2.05) is 30.3 Å². The number of phenols is 1. The van der Waals surface area contributed by atoms with Gasteiger partial charge in [-0.05, 0) is 35.4 Å². The Morgan fingerprint density at radius 3 is 2.72 bits per heavy atom. The van der Waals surface area contributed by atoms with E-state index in [2.05, 4.69) is 15.4 Å². The van der Waals surface area contributed by atoms with Crippen molar-refractivity contribution in [1.82, 2.24) is 9.99 Å². The quantitative estimate of drug-likeness (QED) is 0.874. The van der Waals surface area contributed by atoms with E-state index in [1.165, 1.54) is 5.56 Å². The molecule has 2 aromatic rings. The summed E-state index contributed by atoms with van der Waals surface area (Å²) in [6.07, 6.45) is 1.76. The zero-order chi connectivity index (χ0) is 11.7. The molecule has 2 N–H and O–H groups in total. The molecule has 0 atom stereocenters. The van der Waals surface area contributed by atoms with E-state index in [0.717, 1.165) is 24.5 Å². The summed E-state index contributed by atoms with van der Waals surface area (Å²) in [6.45, 7) is 1.60. The van der Waals surface area contributed by atoms with Gasteiger partial charge in [0.25, 0.3) is 0 Å². The van der Waals surface area contributed by atoms with Crippen LogP contribution in [-0.4, -0.2) is 15.1 Å². The number of hydrogen-bond donors (Lipinski definition) is 2. The van der Waals surface area contributed by atoms with E-state index in [-0.39, 0.29) is 12.4 Å². The molecule has 0 bridgehead atoms. The standard InChI is InChI=1S/C13H13N3O.ClH/c17-12-5-4-10-8-16(9-11(10)7-12)15-13-3-1-2-6-14-13;/h1-7,17H,8-9H2,(H,14,15);1H. The Kier molecular flexibility index (Phi) is 3.69. The maximum atomic E-state index is 9.42. The summed E-state index contributed by atoms with van der Waals surface area (Å²) >= 11 is 0. The van der Waals surface area contributed by atoms with Crippen LogP contribution in [0.15, 0.2) is 42.6 Å². The Labute approximate surface area is 112 Å². The maximum absolute atomic E-state index is 9.42. The van der Waals surface area contributed by atoms with Gasteiger partial charge in [0, 0.05) is 19.3 Å². The second-order valence-electron chi connectivity index (χ2n) is 4.14. The molecule has 18 heavy (non-hydrogen) atoms. The molecular formula is C13H14ClN3O. The van der Waals surface area contributed by atoms with E-state index in [0.29, 0.717) is 5.75 Å². The highest BCUT2D eigenvalue weighted by Gasteiger charge is 2.19. The van der Waals surface area contributed by atoms with E-state index in [1.54, 1.807) is 12.3 Å². The van der Waals surface area contributed by atoms with Crippen molar-refractivity contribution in [2.24, 2.45) is 0 Å². The molecule has 0 amide bonds. The van der Waals surface area contributed by atoms with Crippen molar-refractivity contribution >= 4 is 18.2 Å². The molecule has 94 valence electrons. The van der Waals surface area contributed by atoms with Gasteiger partial charge in [0.05, 0.1) is 0 Å². The molecule has 2 heterocycles. The predicted molar refractivity (Wildman–Crippen MR) is 72.5 cm³/mol. The zero-order valence-corrected chi connectivity index (χ0v) is 10.5. The van der Waals surface area contributed by atoms with Crippen LogP contribution in [0.4, 0.5) is 5.82 Å². The van der Waals surface area contributed by atoms with Crippen molar-refractivity contribution in [3.8, 4) is 5.75 Å². The summed E-state index contributed by atoms with van der Waals surface area (Å²) in [6, 6.07) is 11.3. The Balaban J connectivity index is 0.00000120. The van der Waals surface area contributed by atoms with Crippen LogP contribution in [0.5, 0.6) is 5.75 Å². The number of hydrogen-bond acceptors (Lipinski definition) is 4. The zero-order valence-electron chi connectivity index (χ0n) is 9.71. The molecule has 1 aromatic heterocycles. The topological polar surface area (TPSA) is 48.4 Å². The van der Waals surface area contributed by atoms with Crippen LogP contribution < -0.4 is 5.43 Å². The van der Waals surface area contributed by atoms with Gasteiger partial charge in [0.15, 0.2) is 0 Å². The molecule has 0 fully saturated rings. The lowest BCUT2D eigenvalue weighted by molar-refractivity contribution is 0.345. The summed E-state index contributed by atoms with van der Waals surface area (Å²) in [5.41, 5.74) is 5.65. The van der Waals surface area contributed by atoms with Crippen LogP contribution in [0.3, 0.4) is 0 Å².